The molecule has 0 aliphatic rings. The highest BCUT2D eigenvalue weighted by molar-refractivity contribution is 7.16. The predicted octanol–water partition coefficient (Wildman–Crippen LogP) is 2.58. The van der Waals surface area contributed by atoms with Crippen molar-refractivity contribution >= 4 is 23.2 Å². The zero-order chi connectivity index (χ0) is 16.2. The second-order valence-electron chi connectivity index (χ2n) is 5.50. The monoisotopic (exact) mass is 319 g/mol. The van der Waals surface area contributed by atoms with E-state index in [0.29, 0.717) is 11.3 Å². The van der Waals surface area contributed by atoms with Gasteiger partial charge in [0.05, 0.1) is 6.20 Å². The molecule has 116 valence electrons. The van der Waals surface area contributed by atoms with Crippen molar-refractivity contribution in [3.8, 4) is 10.6 Å². The first-order valence-corrected chi connectivity index (χ1v) is 7.59. The third kappa shape index (κ3) is 4.36. The Hall–Kier alpha value is -2.28. The van der Waals surface area contributed by atoms with Gasteiger partial charge in [0.25, 0.3) is 5.91 Å². The van der Waals surface area contributed by atoms with E-state index in [4.69, 9.17) is 5.11 Å². The summed E-state index contributed by atoms with van der Waals surface area (Å²) in [6.07, 6.45) is 5.25. The highest BCUT2D eigenvalue weighted by Crippen LogP contribution is 2.25. The van der Waals surface area contributed by atoms with Crippen LogP contribution in [-0.4, -0.2) is 32.5 Å². The van der Waals surface area contributed by atoms with Gasteiger partial charge in [-0.05, 0) is 32.4 Å². The SMILES string of the molecule is CC(C)(CCC(=O)O)NC(=O)c1cnc(-c2ccncc2)s1. The molecule has 22 heavy (non-hydrogen) atoms. The number of pyridine rings is 1. The van der Waals surface area contributed by atoms with Gasteiger partial charge in [0.2, 0.25) is 0 Å². The number of thiazole rings is 1. The number of nitrogens with zero attached hydrogens (tertiary/aromatic N) is 2. The number of nitrogens with one attached hydrogen (secondary N) is 1. The van der Waals surface area contributed by atoms with Crippen molar-refractivity contribution in [3.63, 3.8) is 0 Å². The Morgan fingerprint density at radius 2 is 2.00 bits per heavy atom. The average molecular weight is 319 g/mol. The second-order valence-corrected chi connectivity index (χ2v) is 6.53. The van der Waals surface area contributed by atoms with E-state index in [9.17, 15) is 9.59 Å². The lowest BCUT2D eigenvalue weighted by Gasteiger charge is -2.25. The quantitative estimate of drug-likeness (QED) is 0.853. The van der Waals surface area contributed by atoms with Gasteiger partial charge in [-0.25, -0.2) is 4.98 Å². The van der Waals surface area contributed by atoms with Gasteiger partial charge in [-0.2, -0.15) is 0 Å². The van der Waals surface area contributed by atoms with Crippen LogP contribution < -0.4 is 5.32 Å². The second kappa shape index (κ2) is 6.65. The Balaban J connectivity index is 2.04. The molecule has 1 amide bonds. The molecule has 6 nitrogen and oxygen atoms in total. The molecule has 0 aliphatic heterocycles. The summed E-state index contributed by atoms with van der Waals surface area (Å²) in [5.41, 5.74) is 0.320. The molecular weight excluding hydrogens is 302 g/mol. The molecule has 0 fully saturated rings. The topological polar surface area (TPSA) is 92.2 Å². The van der Waals surface area contributed by atoms with Gasteiger partial charge in [0.15, 0.2) is 0 Å². The standard InChI is InChI=1S/C15H17N3O3S/c1-15(2,6-3-12(19)20)18-13(21)11-9-17-14(22-11)10-4-7-16-8-5-10/h4-5,7-9H,3,6H2,1-2H3,(H,18,21)(H,19,20). The third-order valence-electron chi connectivity index (χ3n) is 3.07. The minimum absolute atomic E-state index is 0.0121. The summed E-state index contributed by atoms with van der Waals surface area (Å²) in [6.45, 7) is 3.61. The Labute approximate surface area is 132 Å². The molecule has 0 spiro atoms. The molecule has 0 saturated carbocycles. The maximum absolute atomic E-state index is 12.2. The molecule has 0 atom stereocenters. The minimum Gasteiger partial charge on any atom is -0.481 e. The molecule has 0 radical (unpaired) electrons. The molecule has 2 N–H and O–H groups in total. The summed E-state index contributed by atoms with van der Waals surface area (Å²) in [5.74, 6) is -1.12. The normalized spacial score (nSPS) is 11.2. The van der Waals surface area contributed by atoms with E-state index < -0.39 is 11.5 Å². The molecule has 0 aromatic carbocycles. The van der Waals surface area contributed by atoms with Gasteiger partial charge in [0, 0.05) is 29.9 Å². The fraction of sp³-hybridized carbons (Fsp3) is 0.333. The summed E-state index contributed by atoms with van der Waals surface area (Å²) in [6, 6.07) is 3.66. The number of carbonyl (C=O) groups excluding carboxylic acids is 1. The molecule has 0 saturated heterocycles. The number of rotatable bonds is 6. The van der Waals surface area contributed by atoms with Crippen molar-refractivity contribution in [1.82, 2.24) is 15.3 Å². The Bertz CT molecular complexity index is 668. The van der Waals surface area contributed by atoms with Crippen LogP contribution in [0.25, 0.3) is 10.6 Å². The fourth-order valence-corrected chi connectivity index (χ4v) is 2.67. The highest BCUT2D eigenvalue weighted by atomic mass is 32.1. The van der Waals surface area contributed by atoms with E-state index >= 15 is 0 Å². The Kier molecular flexibility index (Phi) is 4.87. The average Bonchev–Trinajstić information content (AvgIpc) is 2.96. The van der Waals surface area contributed by atoms with E-state index in [2.05, 4.69) is 15.3 Å². The van der Waals surface area contributed by atoms with Crippen LogP contribution in [0.2, 0.25) is 0 Å². The van der Waals surface area contributed by atoms with Crippen molar-refractivity contribution in [2.45, 2.75) is 32.2 Å². The van der Waals surface area contributed by atoms with Crippen LogP contribution in [0.3, 0.4) is 0 Å². The van der Waals surface area contributed by atoms with Crippen molar-refractivity contribution in [2.75, 3.05) is 0 Å². The van der Waals surface area contributed by atoms with E-state index in [1.165, 1.54) is 17.5 Å². The maximum Gasteiger partial charge on any atom is 0.303 e. The van der Waals surface area contributed by atoms with Gasteiger partial charge in [-0.15, -0.1) is 11.3 Å². The van der Waals surface area contributed by atoms with Crippen molar-refractivity contribution in [3.05, 3.63) is 35.6 Å². The van der Waals surface area contributed by atoms with E-state index in [-0.39, 0.29) is 12.3 Å². The summed E-state index contributed by atoms with van der Waals surface area (Å²) in [5, 5.41) is 12.3. The number of hydrogen-bond acceptors (Lipinski definition) is 5. The van der Waals surface area contributed by atoms with Crippen molar-refractivity contribution < 1.29 is 14.7 Å². The van der Waals surface area contributed by atoms with Gasteiger partial charge in [-0.3, -0.25) is 14.6 Å². The molecular formula is C15H17N3O3S. The van der Waals surface area contributed by atoms with Crippen LogP contribution in [0.4, 0.5) is 0 Å². The molecule has 2 aromatic rings. The summed E-state index contributed by atoms with van der Waals surface area (Å²) < 4.78 is 0. The zero-order valence-corrected chi connectivity index (χ0v) is 13.2. The molecule has 2 rings (SSSR count). The fourth-order valence-electron chi connectivity index (χ4n) is 1.86. The summed E-state index contributed by atoms with van der Waals surface area (Å²) >= 11 is 1.29. The van der Waals surface area contributed by atoms with E-state index in [0.717, 1.165) is 10.6 Å². The van der Waals surface area contributed by atoms with Crippen LogP contribution in [0.5, 0.6) is 0 Å². The van der Waals surface area contributed by atoms with Crippen LogP contribution in [0.1, 0.15) is 36.4 Å². The van der Waals surface area contributed by atoms with E-state index in [1.807, 2.05) is 12.1 Å². The largest absolute Gasteiger partial charge is 0.481 e. The Morgan fingerprint density at radius 3 is 2.64 bits per heavy atom. The summed E-state index contributed by atoms with van der Waals surface area (Å²) in [4.78, 5) is 31.6. The zero-order valence-electron chi connectivity index (χ0n) is 12.4. The van der Waals surface area contributed by atoms with Crippen molar-refractivity contribution in [1.29, 1.82) is 0 Å². The number of carboxylic acids is 1. The summed E-state index contributed by atoms with van der Waals surface area (Å²) in [7, 11) is 0. The number of hydrogen-bond donors (Lipinski definition) is 2. The first-order chi connectivity index (χ1) is 10.4. The molecule has 0 unspecified atom stereocenters. The lowest BCUT2D eigenvalue weighted by atomic mass is 9.98. The number of aromatic nitrogens is 2. The first-order valence-electron chi connectivity index (χ1n) is 6.78. The van der Waals surface area contributed by atoms with Crippen LogP contribution >= 0.6 is 11.3 Å². The van der Waals surface area contributed by atoms with E-state index in [1.54, 1.807) is 26.2 Å². The van der Waals surface area contributed by atoms with Crippen LogP contribution in [-0.2, 0) is 4.79 Å². The van der Waals surface area contributed by atoms with Crippen LogP contribution in [0, 0.1) is 0 Å². The predicted molar refractivity (Wildman–Crippen MR) is 83.8 cm³/mol. The molecule has 2 heterocycles. The Morgan fingerprint density at radius 1 is 1.32 bits per heavy atom. The molecule has 0 aliphatic carbocycles. The number of amides is 1. The molecule has 7 heteroatoms. The smallest absolute Gasteiger partial charge is 0.303 e. The van der Waals surface area contributed by atoms with Crippen LogP contribution in [0.15, 0.2) is 30.7 Å². The van der Waals surface area contributed by atoms with Gasteiger partial charge in [-0.1, -0.05) is 0 Å². The van der Waals surface area contributed by atoms with Gasteiger partial charge >= 0.3 is 5.97 Å². The lowest BCUT2D eigenvalue weighted by Crippen LogP contribution is -2.43. The maximum atomic E-state index is 12.2. The number of aliphatic carboxylic acids is 1. The first kappa shape index (κ1) is 16.1. The lowest BCUT2D eigenvalue weighted by molar-refractivity contribution is -0.137. The minimum atomic E-state index is -0.875. The number of carboxylic acid groups (broad SMARTS) is 1. The third-order valence-corrected chi connectivity index (χ3v) is 4.12. The van der Waals surface area contributed by atoms with Gasteiger partial charge in [0.1, 0.15) is 9.88 Å². The van der Waals surface area contributed by atoms with Gasteiger partial charge < -0.3 is 10.4 Å². The van der Waals surface area contributed by atoms with Crippen molar-refractivity contribution in [2.24, 2.45) is 0 Å². The number of carbonyl (C=O) groups is 2. The molecule has 0 bridgehead atoms. The highest BCUT2D eigenvalue weighted by Gasteiger charge is 2.23. The molecule has 2 aromatic heterocycles.